The minimum Gasteiger partial charge on any atom is -0.327 e. The zero-order valence-corrected chi connectivity index (χ0v) is 13.2. The van der Waals surface area contributed by atoms with Crippen molar-refractivity contribution < 1.29 is 0 Å². The molecule has 3 unspecified atom stereocenters. The van der Waals surface area contributed by atoms with Crippen molar-refractivity contribution in [1.82, 2.24) is 10.3 Å². The topological polar surface area (TPSA) is 50.9 Å². The molecule has 1 fully saturated rings. The van der Waals surface area contributed by atoms with Crippen molar-refractivity contribution in [2.24, 2.45) is 11.7 Å². The van der Waals surface area contributed by atoms with Crippen LogP contribution in [-0.4, -0.2) is 17.6 Å². The second-order valence-electron chi connectivity index (χ2n) is 5.87. The number of hydrogen-bond acceptors (Lipinski definition) is 4. The number of aryl methyl sites for hydroxylation is 2. The third-order valence-electron chi connectivity index (χ3n) is 4.24. The smallest absolute Gasteiger partial charge is 0.0900 e. The highest BCUT2D eigenvalue weighted by Gasteiger charge is 2.21. The first-order valence-electron chi connectivity index (χ1n) is 7.51. The van der Waals surface area contributed by atoms with Gasteiger partial charge in [-0.3, -0.25) is 0 Å². The van der Waals surface area contributed by atoms with Gasteiger partial charge in [0.2, 0.25) is 0 Å². The van der Waals surface area contributed by atoms with E-state index in [4.69, 9.17) is 5.73 Å². The summed E-state index contributed by atoms with van der Waals surface area (Å²) in [5.41, 5.74) is 7.46. The highest BCUT2D eigenvalue weighted by molar-refractivity contribution is 7.11. The van der Waals surface area contributed by atoms with Crippen LogP contribution in [-0.2, 0) is 0 Å². The molecule has 2 rings (SSSR count). The molecule has 3 N–H and O–H groups in total. The van der Waals surface area contributed by atoms with Crippen LogP contribution >= 0.6 is 11.3 Å². The minimum atomic E-state index is 0.381. The number of nitrogens with one attached hydrogen (secondary N) is 1. The third kappa shape index (κ3) is 4.01. The molecule has 1 aliphatic carbocycles. The maximum absolute atomic E-state index is 6.29. The van der Waals surface area contributed by atoms with Crippen molar-refractivity contribution in [3.05, 3.63) is 15.6 Å². The van der Waals surface area contributed by atoms with E-state index in [9.17, 15) is 0 Å². The molecule has 1 aliphatic rings. The van der Waals surface area contributed by atoms with Gasteiger partial charge in [0.1, 0.15) is 0 Å². The van der Waals surface area contributed by atoms with Gasteiger partial charge in [0.15, 0.2) is 0 Å². The van der Waals surface area contributed by atoms with Gasteiger partial charge in [-0.1, -0.05) is 19.3 Å². The Morgan fingerprint density at radius 3 is 2.74 bits per heavy atom. The van der Waals surface area contributed by atoms with E-state index >= 15 is 0 Å². The van der Waals surface area contributed by atoms with Crippen LogP contribution in [0.1, 0.15) is 60.6 Å². The summed E-state index contributed by atoms with van der Waals surface area (Å²) in [7, 11) is 0. The van der Waals surface area contributed by atoms with Gasteiger partial charge in [0.05, 0.1) is 10.7 Å². The van der Waals surface area contributed by atoms with Crippen molar-refractivity contribution in [2.75, 3.05) is 6.54 Å². The molecular formula is C15H27N3S. The molecule has 1 saturated carbocycles. The molecule has 0 amide bonds. The summed E-state index contributed by atoms with van der Waals surface area (Å²) in [5, 5.41) is 4.83. The van der Waals surface area contributed by atoms with Gasteiger partial charge in [0, 0.05) is 23.5 Å². The second kappa shape index (κ2) is 6.82. The van der Waals surface area contributed by atoms with Crippen molar-refractivity contribution in [3.8, 4) is 0 Å². The maximum Gasteiger partial charge on any atom is 0.0900 e. The number of thiazole rings is 1. The first kappa shape index (κ1) is 14.9. The van der Waals surface area contributed by atoms with E-state index < -0.39 is 0 Å². The number of hydrogen-bond donors (Lipinski definition) is 2. The summed E-state index contributed by atoms with van der Waals surface area (Å²) in [6, 6.07) is 0.771. The molecule has 4 heteroatoms. The Morgan fingerprint density at radius 1 is 1.32 bits per heavy atom. The molecule has 0 aromatic carbocycles. The van der Waals surface area contributed by atoms with Gasteiger partial charge < -0.3 is 11.1 Å². The largest absolute Gasteiger partial charge is 0.327 e. The van der Waals surface area contributed by atoms with Gasteiger partial charge in [-0.2, -0.15) is 0 Å². The molecule has 0 aliphatic heterocycles. The van der Waals surface area contributed by atoms with Gasteiger partial charge in [0.25, 0.3) is 0 Å². The van der Waals surface area contributed by atoms with Crippen LogP contribution in [0.5, 0.6) is 0 Å². The molecule has 1 aromatic rings. The van der Waals surface area contributed by atoms with Crippen molar-refractivity contribution >= 4 is 11.3 Å². The summed E-state index contributed by atoms with van der Waals surface area (Å²) in [6.07, 6.45) is 6.47. The Balaban J connectivity index is 1.88. The lowest BCUT2D eigenvalue weighted by Gasteiger charge is -2.24. The van der Waals surface area contributed by atoms with E-state index in [2.05, 4.69) is 31.1 Å². The van der Waals surface area contributed by atoms with E-state index in [1.807, 2.05) is 11.3 Å². The fraction of sp³-hybridized carbons (Fsp3) is 0.800. The lowest BCUT2D eigenvalue weighted by Crippen LogP contribution is -2.37. The van der Waals surface area contributed by atoms with Gasteiger partial charge in [-0.25, -0.2) is 4.98 Å². The fourth-order valence-electron chi connectivity index (χ4n) is 3.04. The number of aromatic nitrogens is 1. The fourth-order valence-corrected chi connectivity index (χ4v) is 3.99. The minimum absolute atomic E-state index is 0.381. The second-order valence-corrected chi connectivity index (χ2v) is 7.11. The molecule has 3 nitrogen and oxygen atoms in total. The predicted molar refractivity (Wildman–Crippen MR) is 82.6 cm³/mol. The van der Waals surface area contributed by atoms with Crippen molar-refractivity contribution in [1.29, 1.82) is 0 Å². The van der Waals surface area contributed by atoms with E-state index in [0.717, 1.165) is 11.6 Å². The average molecular weight is 281 g/mol. The Labute approximate surface area is 121 Å². The standard InChI is InChI=1S/C15H27N3S/c1-10(15-11(2)18-12(3)19-15)17-9-13-7-5-4-6-8-14(13)16/h10,13-14,17H,4-9,16H2,1-3H3. The first-order chi connectivity index (χ1) is 9.08. The monoisotopic (exact) mass is 281 g/mol. The summed E-state index contributed by atoms with van der Waals surface area (Å²) >= 11 is 1.81. The van der Waals surface area contributed by atoms with Crippen molar-refractivity contribution in [3.63, 3.8) is 0 Å². The molecule has 3 atom stereocenters. The summed E-state index contributed by atoms with van der Waals surface area (Å²) in [6.45, 7) is 7.46. The SMILES string of the molecule is Cc1nc(C)c(C(C)NCC2CCCCCC2N)s1. The zero-order valence-electron chi connectivity index (χ0n) is 12.4. The number of rotatable bonds is 4. The summed E-state index contributed by atoms with van der Waals surface area (Å²) in [5.74, 6) is 0.638. The summed E-state index contributed by atoms with van der Waals surface area (Å²) in [4.78, 5) is 5.89. The van der Waals surface area contributed by atoms with E-state index in [1.165, 1.54) is 42.7 Å². The van der Waals surface area contributed by atoms with Gasteiger partial charge >= 0.3 is 0 Å². The van der Waals surface area contributed by atoms with Crippen LogP contribution in [0.25, 0.3) is 0 Å². The number of nitrogens with zero attached hydrogens (tertiary/aromatic N) is 1. The summed E-state index contributed by atoms with van der Waals surface area (Å²) < 4.78 is 0. The van der Waals surface area contributed by atoms with Crippen LogP contribution < -0.4 is 11.1 Å². The highest BCUT2D eigenvalue weighted by atomic mass is 32.1. The highest BCUT2D eigenvalue weighted by Crippen LogP contribution is 2.26. The lowest BCUT2D eigenvalue weighted by molar-refractivity contribution is 0.360. The average Bonchev–Trinajstić information content (AvgIpc) is 2.58. The normalized spacial score (nSPS) is 26.1. The van der Waals surface area contributed by atoms with Crippen LogP contribution in [0.2, 0.25) is 0 Å². The van der Waals surface area contributed by atoms with Crippen LogP contribution in [0.4, 0.5) is 0 Å². The van der Waals surface area contributed by atoms with E-state index in [-0.39, 0.29) is 0 Å². The molecular weight excluding hydrogens is 254 g/mol. The quantitative estimate of drug-likeness (QED) is 0.832. The molecule has 0 bridgehead atoms. The lowest BCUT2D eigenvalue weighted by atomic mass is 9.95. The molecule has 0 radical (unpaired) electrons. The Kier molecular flexibility index (Phi) is 5.37. The molecule has 19 heavy (non-hydrogen) atoms. The zero-order chi connectivity index (χ0) is 13.8. The third-order valence-corrected chi connectivity index (χ3v) is 5.49. The van der Waals surface area contributed by atoms with E-state index in [1.54, 1.807) is 0 Å². The van der Waals surface area contributed by atoms with E-state index in [0.29, 0.717) is 18.0 Å². The van der Waals surface area contributed by atoms with Crippen LogP contribution in [0, 0.1) is 19.8 Å². The first-order valence-corrected chi connectivity index (χ1v) is 8.32. The van der Waals surface area contributed by atoms with Crippen molar-refractivity contribution in [2.45, 2.75) is 65.0 Å². The van der Waals surface area contributed by atoms with Gasteiger partial charge in [-0.15, -0.1) is 11.3 Å². The molecule has 1 heterocycles. The van der Waals surface area contributed by atoms with Crippen LogP contribution in [0.15, 0.2) is 0 Å². The Morgan fingerprint density at radius 2 is 2.05 bits per heavy atom. The molecule has 0 saturated heterocycles. The van der Waals surface area contributed by atoms with Crippen LogP contribution in [0.3, 0.4) is 0 Å². The maximum atomic E-state index is 6.29. The predicted octanol–water partition coefficient (Wildman–Crippen LogP) is 3.32. The number of nitrogens with two attached hydrogens (primary N) is 1. The van der Waals surface area contributed by atoms with Gasteiger partial charge in [-0.05, 0) is 39.5 Å². The molecule has 108 valence electrons. The molecule has 1 aromatic heterocycles. The Hall–Kier alpha value is -0.450. The molecule has 0 spiro atoms. The Bertz CT molecular complexity index is 402.